The van der Waals surface area contributed by atoms with Crippen molar-refractivity contribution in [3.63, 3.8) is 0 Å². The molecule has 0 unspecified atom stereocenters. The third kappa shape index (κ3) is 6.13. The minimum absolute atomic E-state index is 0.311. The largest absolute Gasteiger partial charge is 0.456 e. The lowest BCUT2D eigenvalue weighted by Gasteiger charge is -2.39. The molecule has 4 aliphatic heterocycles. The van der Waals surface area contributed by atoms with Crippen LogP contribution in [0.1, 0.15) is 77.6 Å². The summed E-state index contributed by atoms with van der Waals surface area (Å²) >= 11 is 5.72. The predicted molar refractivity (Wildman–Crippen MR) is 183 cm³/mol. The lowest BCUT2D eigenvalue weighted by molar-refractivity contribution is 0.0224. The number of nitrogens with zero attached hydrogens (tertiary/aromatic N) is 2. The van der Waals surface area contributed by atoms with Crippen LogP contribution in [-0.4, -0.2) is 64.5 Å². The zero-order valence-electron chi connectivity index (χ0n) is 26.5. The normalized spacial score (nSPS) is 17.3. The van der Waals surface area contributed by atoms with Crippen molar-refractivity contribution in [2.24, 2.45) is 0 Å². The molecule has 0 aliphatic carbocycles. The van der Waals surface area contributed by atoms with Crippen LogP contribution in [0.3, 0.4) is 0 Å². The van der Waals surface area contributed by atoms with Crippen LogP contribution in [-0.2, 0) is 19.8 Å². The Kier molecular flexibility index (Phi) is 9.52. The van der Waals surface area contributed by atoms with Gasteiger partial charge in [-0.2, -0.15) is 0 Å². The van der Waals surface area contributed by atoms with Gasteiger partial charge in [-0.3, -0.25) is 0 Å². The molecule has 242 valence electrons. The number of carbonyl (C=O) groups excluding carboxylic acids is 1. The van der Waals surface area contributed by atoms with E-state index in [4.69, 9.17) is 30.5 Å². The summed E-state index contributed by atoms with van der Waals surface area (Å²) in [5.74, 6) is 1.91. The Morgan fingerprint density at radius 1 is 0.739 bits per heavy atom. The Morgan fingerprint density at radius 3 is 2.02 bits per heavy atom. The van der Waals surface area contributed by atoms with Crippen molar-refractivity contribution in [1.82, 2.24) is 0 Å². The molecule has 46 heavy (non-hydrogen) atoms. The third-order valence-corrected chi connectivity index (χ3v) is 9.79. The van der Waals surface area contributed by atoms with Crippen molar-refractivity contribution >= 4 is 35.0 Å². The van der Waals surface area contributed by atoms with Crippen LogP contribution < -0.4 is 14.5 Å². The minimum atomic E-state index is -1.08. The average molecular weight is 643 g/mol. The van der Waals surface area contributed by atoms with Gasteiger partial charge in [-0.25, -0.2) is 4.79 Å². The number of unbranched alkanes of at least 4 members (excludes halogenated alkanes) is 3. The van der Waals surface area contributed by atoms with Crippen molar-refractivity contribution in [3.8, 4) is 11.5 Å². The smallest absolute Gasteiger partial charge is 0.340 e. The van der Waals surface area contributed by atoms with Crippen LogP contribution in [0.4, 0.5) is 11.4 Å². The van der Waals surface area contributed by atoms with Crippen molar-refractivity contribution in [3.05, 3.63) is 88.5 Å². The summed E-state index contributed by atoms with van der Waals surface area (Å²) in [5.41, 5.74) is 5.38. The van der Waals surface area contributed by atoms with Crippen molar-refractivity contribution in [2.75, 3.05) is 68.3 Å². The highest BCUT2D eigenvalue weighted by molar-refractivity contribution is 6.17. The Morgan fingerprint density at radius 2 is 1.39 bits per heavy atom. The molecule has 7 nitrogen and oxygen atoms in total. The lowest BCUT2D eigenvalue weighted by atomic mass is 9.77. The van der Waals surface area contributed by atoms with Gasteiger partial charge in [0.15, 0.2) is 5.60 Å². The van der Waals surface area contributed by atoms with E-state index in [9.17, 15) is 4.79 Å². The van der Waals surface area contributed by atoms with E-state index in [1.165, 1.54) is 19.3 Å². The molecule has 4 aliphatic rings. The highest BCUT2D eigenvalue weighted by Crippen LogP contribution is 2.57. The van der Waals surface area contributed by atoms with E-state index in [-0.39, 0.29) is 5.97 Å². The van der Waals surface area contributed by atoms with Gasteiger partial charge in [-0.1, -0.05) is 31.1 Å². The van der Waals surface area contributed by atoms with E-state index in [2.05, 4.69) is 64.4 Å². The summed E-state index contributed by atoms with van der Waals surface area (Å²) in [7, 11) is 0. The van der Waals surface area contributed by atoms with Gasteiger partial charge in [0.05, 0.1) is 25.4 Å². The van der Waals surface area contributed by atoms with Crippen LogP contribution in [0.2, 0.25) is 0 Å². The predicted octanol–water partition coefficient (Wildman–Crippen LogP) is 7.91. The van der Waals surface area contributed by atoms with Crippen molar-refractivity contribution in [2.45, 2.75) is 50.5 Å². The quantitative estimate of drug-likeness (QED) is 0.0948. The van der Waals surface area contributed by atoms with Gasteiger partial charge in [0, 0.05) is 78.9 Å². The van der Waals surface area contributed by atoms with Gasteiger partial charge < -0.3 is 28.7 Å². The number of benzene rings is 3. The molecule has 0 bridgehead atoms. The number of hydrogen-bond acceptors (Lipinski definition) is 7. The molecular weight excluding hydrogens is 600 g/mol. The fraction of sp³-hybridized carbons (Fsp3) is 0.447. The monoisotopic (exact) mass is 642 g/mol. The molecule has 2 saturated heterocycles. The average Bonchev–Trinajstić information content (AvgIpc) is 3.29. The molecule has 0 radical (unpaired) electrons. The number of esters is 1. The van der Waals surface area contributed by atoms with Gasteiger partial charge in [0.1, 0.15) is 11.5 Å². The first-order chi connectivity index (χ1) is 22.7. The SMILES string of the molecule is O=C1OC2(c3ccc(N4CCC4)cc3Oc3cc(N4CCC4)ccc32)c2cc(/C=C\CCOCCOCCCCCCCl)ccc21. The van der Waals surface area contributed by atoms with E-state index in [0.717, 1.165) is 109 Å². The fourth-order valence-corrected chi connectivity index (χ4v) is 6.90. The van der Waals surface area contributed by atoms with Gasteiger partial charge in [0.25, 0.3) is 0 Å². The molecule has 0 saturated carbocycles. The molecular formula is C38H43ClN2O5. The van der Waals surface area contributed by atoms with Crippen LogP contribution in [0.5, 0.6) is 11.5 Å². The first-order valence-corrected chi connectivity index (χ1v) is 17.4. The van der Waals surface area contributed by atoms with E-state index < -0.39 is 5.60 Å². The zero-order chi connectivity index (χ0) is 31.3. The van der Waals surface area contributed by atoms with E-state index in [0.29, 0.717) is 25.4 Å². The first-order valence-electron chi connectivity index (χ1n) is 16.9. The molecule has 7 rings (SSSR count). The standard InChI is InChI=1S/C38H43ClN2O5/c39-16-4-1-2-5-21-43-23-24-44-22-6-3-9-28-10-13-31-34(25-28)38(46-37(31)42)32-14-11-29(40-17-7-18-40)26-35(32)45-36-27-30(12-15-33(36)38)41-19-8-20-41/h3,9-15,25-27H,1-2,4-8,16-24H2/b9-3-. The van der Waals surface area contributed by atoms with Crippen LogP contribution >= 0.6 is 11.6 Å². The maximum atomic E-state index is 13.5. The Bertz CT molecular complexity index is 1520. The molecule has 2 fully saturated rings. The van der Waals surface area contributed by atoms with E-state index in [1.54, 1.807) is 0 Å². The molecule has 3 aromatic rings. The number of carbonyl (C=O) groups is 1. The second-order valence-corrected chi connectivity index (χ2v) is 12.9. The summed E-state index contributed by atoms with van der Waals surface area (Å²) in [4.78, 5) is 18.2. The van der Waals surface area contributed by atoms with Gasteiger partial charge in [-0.05, 0) is 74.1 Å². The molecule has 1 spiro atoms. The maximum absolute atomic E-state index is 13.5. The number of rotatable bonds is 15. The van der Waals surface area contributed by atoms with Crippen molar-refractivity contribution in [1.29, 1.82) is 0 Å². The number of hydrogen-bond donors (Lipinski definition) is 0. The van der Waals surface area contributed by atoms with Gasteiger partial charge >= 0.3 is 5.97 Å². The second-order valence-electron chi connectivity index (χ2n) is 12.5. The minimum Gasteiger partial charge on any atom is -0.456 e. The van der Waals surface area contributed by atoms with Gasteiger partial charge in [-0.15, -0.1) is 11.6 Å². The molecule has 3 aromatic carbocycles. The third-order valence-electron chi connectivity index (χ3n) is 9.52. The molecule has 0 N–H and O–H groups in total. The first kappa shape index (κ1) is 31.1. The number of fused-ring (bicyclic) bond motifs is 6. The maximum Gasteiger partial charge on any atom is 0.340 e. The number of anilines is 2. The topological polar surface area (TPSA) is 60.5 Å². The molecule has 0 aromatic heterocycles. The number of halogens is 1. The Labute approximate surface area is 277 Å². The van der Waals surface area contributed by atoms with Crippen LogP contribution in [0, 0.1) is 0 Å². The second kappa shape index (κ2) is 14.1. The van der Waals surface area contributed by atoms with E-state index in [1.807, 2.05) is 12.1 Å². The summed E-state index contributed by atoms with van der Waals surface area (Å²) < 4.78 is 24.5. The summed E-state index contributed by atoms with van der Waals surface area (Å²) in [6, 6.07) is 18.6. The lowest BCUT2D eigenvalue weighted by Crippen LogP contribution is -2.38. The van der Waals surface area contributed by atoms with Crippen LogP contribution in [0.25, 0.3) is 6.08 Å². The molecule has 8 heteroatoms. The summed E-state index contributed by atoms with van der Waals surface area (Å²) in [6.45, 7) is 6.79. The highest BCUT2D eigenvalue weighted by atomic mass is 35.5. The fourth-order valence-electron chi connectivity index (χ4n) is 6.71. The number of alkyl halides is 1. The zero-order valence-corrected chi connectivity index (χ0v) is 27.2. The van der Waals surface area contributed by atoms with Crippen LogP contribution in [0.15, 0.2) is 60.7 Å². The highest BCUT2D eigenvalue weighted by Gasteiger charge is 2.53. The van der Waals surface area contributed by atoms with Crippen molar-refractivity contribution < 1.29 is 23.7 Å². The van der Waals surface area contributed by atoms with E-state index >= 15 is 0 Å². The molecule has 0 amide bonds. The van der Waals surface area contributed by atoms with Gasteiger partial charge in [0.2, 0.25) is 0 Å². The molecule has 4 heterocycles. The molecule has 0 atom stereocenters. The number of ether oxygens (including phenoxy) is 4. The Balaban J connectivity index is 1.08. The summed E-state index contributed by atoms with van der Waals surface area (Å²) in [6.07, 6.45) is 11.9. The Hall–Kier alpha value is -3.52. The summed E-state index contributed by atoms with van der Waals surface area (Å²) in [5, 5.41) is 0.